The summed E-state index contributed by atoms with van der Waals surface area (Å²) in [5, 5.41) is 3.42. The highest BCUT2D eigenvalue weighted by atomic mass is 16.5. The van der Waals surface area contributed by atoms with Gasteiger partial charge in [-0.05, 0) is 18.0 Å². The van der Waals surface area contributed by atoms with Gasteiger partial charge in [-0.1, -0.05) is 19.9 Å². The Bertz CT molecular complexity index is 298. The summed E-state index contributed by atoms with van der Waals surface area (Å²) in [4.78, 5) is 4.18. The van der Waals surface area contributed by atoms with E-state index in [1.54, 1.807) is 7.11 Å². The maximum atomic E-state index is 5.74. The number of hydrogen-bond donors (Lipinski definition) is 2. The second-order valence-corrected chi connectivity index (χ2v) is 4.22. The molecule has 1 aromatic rings. The fraction of sp³-hybridized carbons (Fsp3) is 0.583. The Morgan fingerprint density at radius 1 is 1.44 bits per heavy atom. The first-order valence-electron chi connectivity index (χ1n) is 5.60. The molecule has 90 valence electrons. The number of nitrogens with zero attached hydrogens (tertiary/aromatic N) is 1. The molecule has 0 fully saturated rings. The summed E-state index contributed by atoms with van der Waals surface area (Å²) in [6.07, 6.45) is 1.81. The van der Waals surface area contributed by atoms with E-state index in [-0.39, 0.29) is 6.04 Å². The highest BCUT2D eigenvalue weighted by Gasteiger charge is 2.09. The fourth-order valence-corrected chi connectivity index (χ4v) is 1.43. The van der Waals surface area contributed by atoms with Gasteiger partial charge in [-0.2, -0.15) is 0 Å². The highest BCUT2D eigenvalue weighted by Crippen LogP contribution is 2.14. The average Bonchev–Trinajstić information content (AvgIpc) is 2.30. The third-order valence-electron chi connectivity index (χ3n) is 2.38. The van der Waals surface area contributed by atoms with Crippen LogP contribution in [0.25, 0.3) is 0 Å². The van der Waals surface area contributed by atoms with Crippen molar-refractivity contribution in [3.05, 3.63) is 23.9 Å². The van der Waals surface area contributed by atoms with Crippen LogP contribution in [0.15, 0.2) is 18.3 Å². The molecule has 1 heterocycles. The zero-order valence-corrected chi connectivity index (χ0v) is 10.2. The van der Waals surface area contributed by atoms with Crippen LogP contribution >= 0.6 is 0 Å². The molecule has 0 bridgehead atoms. The van der Waals surface area contributed by atoms with E-state index in [1.807, 2.05) is 18.3 Å². The summed E-state index contributed by atoms with van der Waals surface area (Å²) in [5.74, 6) is 1.24. The molecule has 1 atom stereocenters. The minimum absolute atomic E-state index is 0.167. The van der Waals surface area contributed by atoms with E-state index in [1.165, 1.54) is 0 Å². The van der Waals surface area contributed by atoms with Gasteiger partial charge in [-0.15, -0.1) is 0 Å². The maximum Gasteiger partial charge on any atom is 0.212 e. The van der Waals surface area contributed by atoms with Crippen LogP contribution in [0.1, 0.15) is 25.5 Å². The minimum atomic E-state index is 0.167. The van der Waals surface area contributed by atoms with Gasteiger partial charge in [-0.25, -0.2) is 4.98 Å². The second-order valence-electron chi connectivity index (χ2n) is 4.22. The van der Waals surface area contributed by atoms with E-state index in [9.17, 15) is 0 Å². The normalized spacial score (nSPS) is 12.8. The Balaban J connectivity index is 2.63. The third-order valence-corrected chi connectivity index (χ3v) is 2.38. The SMILES string of the molecule is COc1ccc(C(CN)NCC(C)C)cn1. The van der Waals surface area contributed by atoms with Crippen LogP contribution in [0.5, 0.6) is 5.88 Å². The number of methoxy groups -OCH3 is 1. The minimum Gasteiger partial charge on any atom is -0.481 e. The molecule has 1 unspecified atom stereocenters. The molecular formula is C12H21N3O. The lowest BCUT2D eigenvalue weighted by molar-refractivity contribution is 0.396. The van der Waals surface area contributed by atoms with E-state index in [0.29, 0.717) is 18.3 Å². The van der Waals surface area contributed by atoms with Crippen LogP contribution in [0.2, 0.25) is 0 Å². The van der Waals surface area contributed by atoms with Gasteiger partial charge in [0.2, 0.25) is 5.88 Å². The summed E-state index contributed by atoms with van der Waals surface area (Å²) in [7, 11) is 1.61. The molecule has 0 saturated heterocycles. The summed E-state index contributed by atoms with van der Waals surface area (Å²) in [6, 6.07) is 4.02. The van der Waals surface area contributed by atoms with E-state index in [4.69, 9.17) is 10.5 Å². The topological polar surface area (TPSA) is 60.2 Å². The van der Waals surface area contributed by atoms with Crippen molar-refractivity contribution in [1.29, 1.82) is 0 Å². The maximum absolute atomic E-state index is 5.74. The van der Waals surface area contributed by atoms with Crippen LogP contribution in [-0.2, 0) is 0 Å². The second kappa shape index (κ2) is 6.45. The molecule has 0 aromatic carbocycles. The fourth-order valence-electron chi connectivity index (χ4n) is 1.43. The van der Waals surface area contributed by atoms with E-state index in [2.05, 4.69) is 24.1 Å². The van der Waals surface area contributed by atoms with Crippen molar-refractivity contribution in [1.82, 2.24) is 10.3 Å². The molecule has 0 aliphatic carbocycles. The largest absolute Gasteiger partial charge is 0.481 e. The number of hydrogen-bond acceptors (Lipinski definition) is 4. The van der Waals surface area contributed by atoms with E-state index < -0.39 is 0 Å². The van der Waals surface area contributed by atoms with Crippen molar-refractivity contribution >= 4 is 0 Å². The summed E-state index contributed by atoms with van der Waals surface area (Å²) in [5.41, 5.74) is 6.84. The molecular weight excluding hydrogens is 202 g/mol. The molecule has 4 heteroatoms. The number of ether oxygens (including phenoxy) is 1. The zero-order chi connectivity index (χ0) is 12.0. The Morgan fingerprint density at radius 3 is 2.62 bits per heavy atom. The molecule has 0 amide bonds. The van der Waals surface area contributed by atoms with E-state index >= 15 is 0 Å². The summed E-state index contributed by atoms with van der Waals surface area (Å²) < 4.78 is 5.02. The third kappa shape index (κ3) is 3.79. The lowest BCUT2D eigenvalue weighted by atomic mass is 10.1. The quantitative estimate of drug-likeness (QED) is 0.764. The Hall–Kier alpha value is -1.13. The Labute approximate surface area is 97.2 Å². The number of pyridine rings is 1. The van der Waals surface area contributed by atoms with Gasteiger partial charge in [0.05, 0.1) is 7.11 Å². The molecule has 0 spiro atoms. The number of aromatic nitrogens is 1. The van der Waals surface area contributed by atoms with E-state index in [0.717, 1.165) is 12.1 Å². The van der Waals surface area contributed by atoms with Crippen LogP contribution < -0.4 is 15.8 Å². The lowest BCUT2D eigenvalue weighted by Gasteiger charge is -2.18. The van der Waals surface area contributed by atoms with Crippen LogP contribution in [0.3, 0.4) is 0 Å². The molecule has 1 rings (SSSR count). The lowest BCUT2D eigenvalue weighted by Crippen LogP contribution is -2.31. The van der Waals surface area contributed by atoms with Gasteiger partial charge in [0.25, 0.3) is 0 Å². The predicted molar refractivity (Wildman–Crippen MR) is 65.4 cm³/mol. The molecule has 3 N–H and O–H groups in total. The number of nitrogens with two attached hydrogens (primary N) is 1. The van der Waals surface area contributed by atoms with Gasteiger partial charge >= 0.3 is 0 Å². The van der Waals surface area contributed by atoms with Crippen molar-refractivity contribution in [2.24, 2.45) is 11.7 Å². The summed E-state index contributed by atoms with van der Waals surface area (Å²) in [6.45, 7) is 5.87. The van der Waals surface area contributed by atoms with Crippen molar-refractivity contribution in [3.8, 4) is 5.88 Å². The van der Waals surface area contributed by atoms with Gasteiger partial charge in [0.1, 0.15) is 0 Å². The Morgan fingerprint density at radius 2 is 2.19 bits per heavy atom. The van der Waals surface area contributed by atoms with Crippen molar-refractivity contribution in [2.75, 3.05) is 20.2 Å². The van der Waals surface area contributed by atoms with Gasteiger partial charge < -0.3 is 15.8 Å². The predicted octanol–water partition coefficient (Wildman–Crippen LogP) is 1.34. The smallest absolute Gasteiger partial charge is 0.212 e. The first kappa shape index (κ1) is 12.9. The number of nitrogens with one attached hydrogen (secondary N) is 1. The van der Waals surface area contributed by atoms with Crippen molar-refractivity contribution in [2.45, 2.75) is 19.9 Å². The molecule has 0 saturated carbocycles. The number of rotatable bonds is 6. The standard InChI is InChI=1S/C12H21N3O/c1-9(2)7-14-11(6-13)10-4-5-12(16-3)15-8-10/h4-5,8-9,11,14H,6-7,13H2,1-3H3. The first-order valence-corrected chi connectivity index (χ1v) is 5.60. The van der Waals surface area contributed by atoms with Crippen LogP contribution in [0, 0.1) is 5.92 Å². The molecule has 0 aliphatic rings. The summed E-state index contributed by atoms with van der Waals surface area (Å²) >= 11 is 0. The average molecular weight is 223 g/mol. The van der Waals surface area contributed by atoms with Crippen LogP contribution in [0.4, 0.5) is 0 Å². The first-order chi connectivity index (χ1) is 7.67. The van der Waals surface area contributed by atoms with Crippen molar-refractivity contribution < 1.29 is 4.74 Å². The molecule has 0 aliphatic heterocycles. The molecule has 16 heavy (non-hydrogen) atoms. The van der Waals surface area contributed by atoms with Gasteiger partial charge in [-0.3, -0.25) is 0 Å². The monoisotopic (exact) mass is 223 g/mol. The highest BCUT2D eigenvalue weighted by molar-refractivity contribution is 5.21. The van der Waals surface area contributed by atoms with Gasteiger partial charge in [0, 0.05) is 24.8 Å². The van der Waals surface area contributed by atoms with Crippen LogP contribution in [-0.4, -0.2) is 25.2 Å². The molecule has 4 nitrogen and oxygen atoms in total. The van der Waals surface area contributed by atoms with Gasteiger partial charge in [0.15, 0.2) is 0 Å². The molecule has 1 aromatic heterocycles. The Kier molecular flexibility index (Phi) is 5.22. The van der Waals surface area contributed by atoms with Crippen molar-refractivity contribution in [3.63, 3.8) is 0 Å². The molecule has 0 radical (unpaired) electrons. The zero-order valence-electron chi connectivity index (χ0n) is 10.2.